The fourth-order valence-electron chi connectivity index (χ4n) is 1.88. The lowest BCUT2D eigenvalue weighted by Crippen LogP contribution is -2.16. The summed E-state index contributed by atoms with van der Waals surface area (Å²) in [6.45, 7) is 1.52. The summed E-state index contributed by atoms with van der Waals surface area (Å²) in [6, 6.07) is 6.84. The zero-order valence-electron chi connectivity index (χ0n) is 10.1. The summed E-state index contributed by atoms with van der Waals surface area (Å²) < 4.78 is 0. The molecule has 0 saturated carbocycles. The van der Waals surface area contributed by atoms with Crippen molar-refractivity contribution in [2.45, 2.75) is 25.8 Å². The van der Waals surface area contributed by atoms with Crippen molar-refractivity contribution < 1.29 is 9.72 Å². The fraction of sp³-hybridized carbons (Fsp3) is 0.308. The van der Waals surface area contributed by atoms with Gasteiger partial charge in [0.25, 0.3) is 0 Å². The molecule has 0 fully saturated rings. The molecule has 0 aliphatic heterocycles. The Hall–Kier alpha value is -2.17. The van der Waals surface area contributed by atoms with Gasteiger partial charge >= 0.3 is 0 Å². The predicted octanol–water partition coefficient (Wildman–Crippen LogP) is 2.80. The monoisotopic (exact) mass is 246 g/mol. The van der Waals surface area contributed by atoms with Crippen LogP contribution < -0.4 is 0 Å². The van der Waals surface area contributed by atoms with E-state index in [4.69, 9.17) is 0 Å². The van der Waals surface area contributed by atoms with Gasteiger partial charge < -0.3 is 4.98 Å². The number of H-pyrrole nitrogens is 1. The Kier molecular flexibility index (Phi) is 3.41. The molecule has 0 spiro atoms. The normalized spacial score (nSPS) is 12.5. The number of hydrogen-bond donors (Lipinski definition) is 1. The highest BCUT2D eigenvalue weighted by Gasteiger charge is 2.17. The van der Waals surface area contributed by atoms with E-state index in [1.807, 2.05) is 24.3 Å². The van der Waals surface area contributed by atoms with Gasteiger partial charge in [0.1, 0.15) is 0 Å². The molecule has 1 aromatic heterocycles. The molecule has 1 aromatic carbocycles. The molecule has 1 N–H and O–H groups in total. The minimum absolute atomic E-state index is 0.0545. The molecule has 5 nitrogen and oxygen atoms in total. The average molecular weight is 246 g/mol. The first-order valence-corrected chi connectivity index (χ1v) is 5.82. The minimum atomic E-state index is -0.681. The molecule has 18 heavy (non-hydrogen) atoms. The molecule has 5 heteroatoms. The topological polar surface area (TPSA) is 76.0 Å². The number of ketones is 1. The van der Waals surface area contributed by atoms with Crippen molar-refractivity contribution in [3.63, 3.8) is 0 Å². The molecule has 1 heterocycles. The summed E-state index contributed by atoms with van der Waals surface area (Å²) in [5.41, 5.74) is 1.52. The molecule has 0 aliphatic rings. The molecule has 0 saturated heterocycles. The van der Waals surface area contributed by atoms with E-state index < -0.39 is 6.04 Å². The molecular formula is C13H14N2O3. The Morgan fingerprint density at radius 2 is 2.17 bits per heavy atom. The summed E-state index contributed by atoms with van der Waals surface area (Å²) in [6.07, 6.45) is 2.14. The van der Waals surface area contributed by atoms with Crippen molar-refractivity contribution in [2.75, 3.05) is 0 Å². The van der Waals surface area contributed by atoms with Gasteiger partial charge in [-0.15, -0.1) is 0 Å². The number of para-hydroxylation sites is 1. The number of aromatic nitrogens is 1. The van der Waals surface area contributed by atoms with Crippen LogP contribution in [0.1, 0.15) is 30.1 Å². The Bertz CT molecular complexity index is 589. The highest BCUT2D eigenvalue weighted by Crippen LogP contribution is 2.20. The van der Waals surface area contributed by atoms with Crippen molar-refractivity contribution in [3.05, 3.63) is 46.1 Å². The van der Waals surface area contributed by atoms with Crippen LogP contribution in [0.15, 0.2) is 30.5 Å². The Labute approximate surface area is 104 Å². The molecule has 94 valence electrons. The van der Waals surface area contributed by atoms with E-state index in [9.17, 15) is 14.9 Å². The highest BCUT2D eigenvalue weighted by atomic mass is 16.6. The van der Waals surface area contributed by atoms with Gasteiger partial charge in [-0.25, -0.2) is 0 Å². The molecule has 2 rings (SSSR count). The maximum atomic E-state index is 12.0. The van der Waals surface area contributed by atoms with Gasteiger partial charge in [0, 0.05) is 47.4 Å². The molecule has 0 aliphatic carbocycles. The lowest BCUT2D eigenvalue weighted by atomic mass is 10.0. The molecule has 2 aromatic rings. The lowest BCUT2D eigenvalue weighted by Gasteiger charge is -2.02. The van der Waals surface area contributed by atoms with Gasteiger partial charge in [-0.1, -0.05) is 18.2 Å². The first-order valence-electron chi connectivity index (χ1n) is 5.82. The molecule has 1 atom stereocenters. The molecule has 0 bridgehead atoms. The number of nitrogens with one attached hydrogen (secondary N) is 1. The van der Waals surface area contributed by atoms with E-state index in [0.717, 1.165) is 10.9 Å². The number of hydrogen-bond acceptors (Lipinski definition) is 3. The van der Waals surface area contributed by atoms with Crippen LogP contribution in [0.2, 0.25) is 0 Å². The SMILES string of the molecule is C[C@@H](CCC(=O)c1c[nH]c2ccccc12)[N+](=O)[O-]. The number of Topliss-reactive ketones (excluding diaryl/α,β-unsaturated/α-hetero) is 1. The van der Waals surface area contributed by atoms with E-state index in [-0.39, 0.29) is 23.5 Å². The first-order chi connectivity index (χ1) is 8.59. The number of benzene rings is 1. The fourth-order valence-corrected chi connectivity index (χ4v) is 1.88. The van der Waals surface area contributed by atoms with Gasteiger partial charge in [-0.3, -0.25) is 14.9 Å². The first kappa shape index (κ1) is 12.3. The third-order valence-electron chi connectivity index (χ3n) is 3.04. The van der Waals surface area contributed by atoms with E-state index in [0.29, 0.717) is 5.56 Å². The predicted molar refractivity (Wildman–Crippen MR) is 68.3 cm³/mol. The van der Waals surface area contributed by atoms with Gasteiger partial charge in [0.2, 0.25) is 6.04 Å². The Morgan fingerprint density at radius 1 is 1.44 bits per heavy atom. The van der Waals surface area contributed by atoms with E-state index in [1.54, 1.807) is 6.20 Å². The number of rotatable bonds is 5. The lowest BCUT2D eigenvalue weighted by molar-refractivity contribution is -0.518. The molecular weight excluding hydrogens is 232 g/mol. The smallest absolute Gasteiger partial charge is 0.210 e. The van der Waals surface area contributed by atoms with E-state index in [2.05, 4.69) is 4.98 Å². The quantitative estimate of drug-likeness (QED) is 0.500. The summed E-state index contributed by atoms with van der Waals surface area (Å²) in [5, 5.41) is 11.4. The average Bonchev–Trinajstić information content (AvgIpc) is 2.79. The molecule has 0 amide bonds. The van der Waals surface area contributed by atoms with Crippen LogP contribution in [0.3, 0.4) is 0 Å². The standard InChI is InChI=1S/C13H14N2O3/c1-9(15(17)18)6-7-13(16)11-8-14-12-5-3-2-4-10(11)12/h2-5,8-9,14H,6-7H2,1H3/t9-/m0/s1. The number of carbonyl (C=O) groups excluding carboxylic acids is 1. The third kappa shape index (κ3) is 2.40. The second-order valence-electron chi connectivity index (χ2n) is 4.34. The van der Waals surface area contributed by atoms with Crippen LogP contribution in [0.25, 0.3) is 10.9 Å². The van der Waals surface area contributed by atoms with Crippen LogP contribution in [0, 0.1) is 10.1 Å². The maximum Gasteiger partial charge on any atom is 0.210 e. The summed E-state index contributed by atoms with van der Waals surface area (Å²) in [5.74, 6) is -0.0545. The second kappa shape index (κ2) is 5.00. The minimum Gasteiger partial charge on any atom is -0.360 e. The summed E-state index contributed by atoms with van der Waals surface area (Å²) >= 11 is 0. The number of nitro groups is 1. The summed E-state index contributed by atoms with van der Waals surface area (Å²) in [7, 11) is 0. The van der Waals surface area contributed by atoms with Crippen LogP contribution in [-0.2, 0) is 0 Å². The van der Waals surface area contributed by atoms with Crippen LogP contribution in [0.4, 0.5) is 0 Å². The van der Waals surface area contributed by atoms with E-state index >= 15 is 0 Å². The Balaban J connectivity index is 2.12. The number of carbonyl (C=O) groups is 1. The molecule has 0 radical (unpaired) electrons. The zero-order chi connectivity index (χ0) is 13.1. The Morgan fingerprint density at radius 3 is 2.89 bits per heavy atom. The summed E-state index contributed by atoms with van der Waals surface area (Å²) in [4.78, 5) is 25.2. The van der Waals surface area contributed by atoms with Crippen molar-refractivity contribution in [1.29, 1.82) is 0 Å². The number of aromatic amines is 1. The largest absolute Gasteiger partial charge is 0.360 e. The van der Waals surface area contributed by atoms with Crippen LogP contribution >= 0.6 is 0 Å². The van der Waals surface area contributed by atoms with Crippen molar-refractivity contribution in [1.82, 2.24) is 4.98 Å². The van der Waals surface area contributed by atoms with Crippen molar-refractivity contribution >= 4 is 16.7 Å². The van der Waals surface area contributed by atoms with Crippen LogP contribution in [0.5, 0.6) is 0 Å². The highest BCUT2D eigenvalue weighted by molar-refractivity contribution is 6.07. The van der Waals surface area contributed by atoms with E-state index in [1.165, 1.54) is 6.92 Å². The third-order valence-corrected chi connectivity index (χ3v) is 3.04. The molecule has 0 unspecified atom stereocenters. The van der Waals surface area contributed by atoms with Gasteiger partial charge in [-0.05, 0) is 6.07 Å². The maximum absolute atomic E-state index is 12.0. The number of fused-ring (bicyclic) bond motifs is 1. The van der Waals surface area contributed by atoms with Crippen molar-refractivity contribution in [3.8, 4) is 0 Å². The van der Waals surface area contributed by atoms with Crippen molar-refractivity contribution in [2.24, 2.45) is 0 Å². The van der Waals surface area contributed by atoms with Crippen LogP contribution in [-0.4, -0.2) is 21.7 Å². The van der Waals surface area contributed by atoms with Gasteiger partial charge in [0.05, 0.1) is 0 Å². The van der Waals surface area contributed by atoms with Gasteiger partial charge in [0.15, 0.2) is 5.78 Å². The zero-order valence-corrected chi connectivity index (χ0v) is 10.1. The second-order valence-corrected chi connectivity index (χ2v) is 4.34. The number of nitrogens with zero attached hydrogens (tertiary/aromatic N) is 1. The van der Waals surface area contributed by atoms with Gasteiger partial charge in [-0.2, -0.15) is 0 Å².